The second-order valence-corrected chi connectivity index (χ2v) is 6.10. The molecule has 1 N–H and O–H groups in total. The van der Waals surface area contributed by atoms with E-state index >= 15 is 0 Å². The first-order valence-electron chi connectivity index (χ1n) is 7.99. The molecule has 1 aromatic carbocycles. The van der Waals surface area contributed by atoms with Crippen molar-refractivity contribution in [3.63, 3.8) is 0 Å². The number of carbonyl (C=O) groups is 1. The number of alkyl halides is 3. The van der Waals surface area contributed by atoms with Crippen molar-refractivity contribution in [1.82, 2.24) is 15.1 Å². The number of amides is 1. The lowest BCUT2D eigenvalue weighted by Gasteiger charge is -2.08. The van der Waals surface area contributed by atoms with Gasteiger partial charge in [0.05, 0.1) is 13.0 Å². The van der Waals surface area contributed by atoms with Gasteiger partial charge in [-0.15, -0.1) is 0 Å². The Morgan fingerprint density at radius 1 is 1.24 bits per heavy atom. The van der Waals surface area contributed by atoms with Crippen LogP contribution in [0, 0.1) is 5.82 Å². The van der Waals surface area contributed by atoms with Gasteiger partial charge in [0.25, 0.3) is 0 Å². The Bertz CT molecular complexity index is 748. The Kier molecular flexibility index (Phi) is 4.78. The van der Waals surface area contributed by atoms with Gasteiger partial charge in [0, 0.05) is 18.2 Å². The molecule has 1 heterocycles. The number of rotatable bonds is 6. The van der Waals surface area contributed by atoms with E-state index in [2.05, 4.69) is 10.4 Å². The van der Waals surface area contributed by atoms with Crippen LogP contribution >= 0.6 is 0 Å². The van der Waals surface area contributed by atoms with E-state index < -0.39 is 11.9 Å². The third-order valence-electron chi connectivity index (χ3n) is 4.02. The molecule has 8 heteroatoms. The first kappa shape index (κ1) is 17.4. The minimum Gasteiger partial charge on any atom is -0.354 e. The van der Waals surface area contributed by atoms with Crippen LogP contribution in [0.15, 0.2) is 30.3 Å². The molecule has 1 aliphatic rings. The van der Waals surface area contributed by atoms with Crippen LogP contribution in [0.2, 0.25) is 0 Å². The van der Waals surface area contributed by atoms with E-state index in [9.17, 15) is 22.4 Å². The van der Waals surface area contributed by atoms with Gasteiger partial charge in [-0.05, 0) is 36.6 Å². The first-order chi connectivity index (χ1) is 11.8. The number of halogens is 4. The zero-order chi connectivity index (χ0) is 18.0. The summed E-state index contributed by atoms with van der Waals surface area (Å²) in [6.07, 6.45) is -2.66. The number of benzene rings is 1. The number of hydrogen-bond donors (Lipinski definition) is 1. The molecular weight excluding hydrogens is 338 g/mol. The van der Waals surface area contributed by atoms with Crippen molar-refractivity contribution in [3.8, 4) is 0 Å². The Hall–Kier alpha value is -2.38. The first-order valence-corrected chi connectivity index (χ1v) is 7.99. The van der Waals surface area contributed by atoms with E-state index in [1.807, 2.05) is 0 Å². The van der Waals surface area contributed by atoms with Gasteiger partial charge < -0.3 is 5.32 Å². The lowest BCUT2D eigenvalue weighted by molar-refractivity contribution is -0.141. The maximum Gasteiger partial charge on any atom is 0.435 e. The van der Waals surface area contributed by atoms with Gasteiger partial charge in [-0.1, -0.05) is 12.1 Å². The van der Waals surface area contributed by atoms with Gasteiger partial charge in [-0.25, -0.2) is 4.39 Å². The molecule has 3 rings (SSSR count). The molecule has 134 valence electrons. The standard InChI is InChI=1S/C17H17F4N3O/c18-13-5-1-11(2-6-13)9-16(25)22-7-8-24-14(12-3-4-12)10-15(23-24)17(19,20)21/h1-2,5-6,10,12H,3-4,7-9H2,(H,22,25). The molecule has 25 heavy (non-hydrogen) atoms. The van der Waals surface area contributed by atoms with Crippen LogP contribution in [-0.4, -0.2) is 22.2 Å². The lowest BCUT2D eigenvalue weighted by Crippen LogP contribution is -2.29. The molecule has 0 aliphatic heterocycles. The second kappa shape index (κ2) is 6.85. The molecule has 2 aromatic rings. The smallest absolute Gasteiger partial charge is 0.354 e. The summed E-state index contributed by atoms with van der Waals surface area (Å²) in [7, 11) is 0. The summed E-state index contributed by atoms with van der Waals surface area (Å²) < 4.78 is 52.6. The van der Waals surface area contributed by atoms with E-state index in [0.717, 1.165) is 18.9 Å². The highest BCUT2D eigenvalue weighted by Crippen LogP contribution is 2.42. The summed E-state index contributed by atoms with van der Waals surface area (Å²) in [6.45, 7) is 0.357. The summed E-state index contributed by atoms with van der Waals surface area (Å²) in [4.78, 5) is 11.9. The van der Waals surface area contributed by atoms with Crippen LogP contribution in [0.4, 0.5) is 17.6 Å². The normalized spacial score (nSPS) is 14.6. The quantitative estimate of drug-likeness (QED) is 0.809. The summed E-state index contributed by atoms with van der Waals surface area (Å²) in [5.41, 5.74) is 0.336. The van der Waals surface area contributed by atoms with Crippen molar-refractivity contribution in [2.75, 3.05) is 6.54 Å². The maximum atomic E-state index is 12.8. The molecule has 1 saturated carbocycles. The van der Waals surface area contributed by atoms with Crippen LogP contribution < -0.4 is 5.32 Å². The average Bonchev–Trinajstić information content (AvgIpc) is 3.29. The fourth-order valence-corrected chi connectivity index (χ4v) is 2.61. The van der Waals surface area contributed by atoms with Gasteiger partial charge >= 0.3 is 6.18 Å². The lowest BCUT2D eigenvalue weighted by atomic mass is 10.1. The molecule has 0 spiro atoms. The van der Waals surface area contributed by atoms with Crippen LogP contribution in [0.1, 0.15) is 35.7 Å². The third kappa shape index (κ3) is 4.58. The highest BCUT2D eigenvalue weighted by Gasteiger charge is 2.37. The number of carbonyl (C=O) groups excluding carboxylic acids is 1. The summed E-state index contributed by atoms with van der Waals surface area (Å²) in [6, 6.07) is 6.67. The predicted molar refractivity (Wildman–Crippen MR) is 82.3 cm³/mol. The molecule has 0 atom stereocenters. The fraction of sp³-hybridized carbons (Fsp3) is 0.412. The summed E-state index contributed by atoms with van der Waals surface area (Å²) in [5.74, 6) is -0.530. The van der Waals surface area contributed by atoms with Crippen molar-refractivity contribution in [2.24, 2.45) is 0 Å². The molecule has 0 radical (unpaired) electrons. The second-order valence-electron chi connectivity index (χ2n) is 6.10. The largest absolute Gasteiger partial charge is 0.435 e. The molecule has 4 nitrogen and oxygen atoms in total. The number of hydrogen-bond acceptors (Lipinski definition) is 2. The molecule has 1 amide bonds. The van der Waals surface area contributed by atoms with Crippen molar-refractivity contribution in [1.29, 1.82) is 0 Å². The van der Waals surface area contributed by atoms with Crippen LogP contribution in [-0.2, 0) is 23.9 Å². The molecule has 0 saturated heterocycles. The minimum atomic E-state index is -4.47. The van der Waals surface area contributed by atoms with E-state index in [0.29, 0.717) is 11.3 Å². The van der Waals surface area contributed by atoms with Crippen molar-refractivity contribution < 1.29 is 22.4 Å². The zero-order valence-corrected chi connectivity index (χ0v) is 13.3. The number of nitrogens with one attached hydrogen (secondary N) is 1. The van der Waals surface area contributed by atoms with Crippen molar-refractivity contribution in [3.05, 3.63) is 53.1 Å². The zero-order valence-electron chi connectivity index (χ0n) is 13.3. The molecule has 0 unspecified atom stereocenters. The van der Waals surface area contributed by atoms with E-state index in [4.69, 9.17) is 0 Å². The molecule has 0 bridgehead atoms. The van der Waals surface area contributed by atoms with E-state index in [1.54, 1.807) is 0 Å². The van der Waals surface area contributed by atoms with E-state index in [-0.39, 0.29) is 37.2 Å². The predicted octanol–water partition coefficient (Wildman–Crippen LogP) is 3.28. The Morgan fingerprint density at radius 3 is 2.52 bits per heavy atom. The highest BCUT2D eigenvalue weighted by atomic mass is 19.4. The third-order valence-corrected chi connectivity index (χ3v) is 4.02. The molecular formula is C17H17F4N3O. The maximum absolute atomic E-state index is 12.8. The van der Waals surface area contributed by atoms with Crippen LogP contribution in [0.25, 0.3) is 0 Å². The molecule has 1 fully saturated rings. The molecule has 1 aliphatic carbocycles. The Balaban J connectivity index is 1.55. The van der Waals surface area contributed by atoms with Gasteiger partial charge in [0.15, 0.2) is 5.69 Å². The van der Waals surface area contributed by atoms with Gasteiger partial charge in [-0.2, -0.15) is 18.3 Å². The van der Waals surface area contributed by atoms with Crippen molar-refractivity contribution >= 4 is 5.91 Å². The number of nitrogens with zero attached hydrogens (tertiary/aromatic N) is 2. The van der Waals surface area contributed by atoms with Gasteiger partial charge in [0.2, 0.25) is 5.91 Å². The SMILES string of the molecule is O=C(Cc1ccc(F)cc1)NCCn1nc(C(F)(F)F)cc1C1CC1. The Morgan fingerprint density at radius 2 is 1.92 bits per heavy atom. The van der Waals surface area contributed by atoms with Crippen molar-refractivity contribution in [2.45, 2.75) is 37.9 Å². The van der Waals surface area contributed by atoms with Gasteiger partial charge in [-0.3, -0.25) is 9.48 Å². The molecule has 1 aromatic heterocycles. The summed E-state index contributed by atoms with van der Waals surface area (Å²) in [5, 5.41) is 6.29. The van der Waals surface area contributed by atoms with Crippen LogP contribution in [0.3, 0.4) is 0 Å². The monoisotopic (exact) mass is 355 g/mol. The van der Waals surface area contributed by atoms with Gasteiger partial charge in [0.1, 0.15) is 5.82 Å². The topological polar surface area (TPSA) is 46.9 Å². The average molecular weight is 355 g/mol. The van der Waals surface area contributed by atoms with E-state index in [1.165, 1.54) is 28.9 Å². The summed E-state index contributed by atoms with van der Waals surface area (Å²) >= 11 is 0. The number of aromatic nitrogens is 2. The fourth-order valence-electron chi connectivity index (χ4n) is 2.61. The Labute approximate surface area is 141 Å². The highest BCUT2D eigenvalue weighted by molar-refractivity contribution is 5.78. The minimum absolute atomic E-state index is 0.0860. The van der Waals surface area contributed by atoms with Crippen LogP contribution in [0.5, 0.6) is 0 Å².